The highest BCUT2D eigenvalue weighted by atomic mass is 32.1. The molecule has 3 atom stereocenters. The number of hydrogen-bond acceptors (Lipinski definition) is 4. The lowest BCUT2D eigenvalue weighted by molar-refractivity contribution is -0.147. The van der Waals surface area contributed by atoms with Crippen LogP contribution in [-0.4, -0.2) is 22.9 Å². The van der Waals surface area contributed by atoms with E-state index in [0.717, 1.165) is 42.5 Å². The van der Waals surface area contributed by atoms with Crippen molar-refractivity contribution in [3.05, 3.63) is 16.0 Å². The van der Waals surface area contributed by atoms with Crippen LogP contribution in [0.4, 0.5) is 5.00 Å². The van der Waals surface area contributed by atoms with E-state index < -0.39 is 23.7 Å². The van der Waals surface area contributed by atoms with Gasteiger partial charge in [0.05, 0.1) is 17.4 Å². The molecule has 7 heteroatoms. The molecular formula is C18H24N2O4S. The van der Waals surface area contributed by atoms with E-state index >= 15 is 0 Å². The SMILES string of the molecule is C[C@H]1CCc2c(sc(NC(=O)[C@H]3CCCC[C@@H]3C(=O)O)c2C(N)=O)C1. The number of thiophene rings is 1. The molecule has 0 spiro atoms. The molecule has 4 N–H and O–H groups in total. The first-order valence-electron chi connectivity index (χ1n) is 8.86. The van der Waals surface area contributed by atoms with Crippen molar-refractivity contribution in [3.8, 4) is 0 Å². The molecule has 0 unspecified atom stereocenters. The van der Waals surface area contributed by atoms with Crippen molar-refractivity contribution in [2.24, 2.45) is 23.5 Å². The second-order valence-electron chi connectivity index (χ2n) is 7.25. The number of amides is 2. The average molecular weight is 364 g/mol. The van der Waals surface area contributed by atoms with Gasteiger partial charge in [-0.25, -0.2) is 0 Å². The van der Waals surface area contributed by atoms with E-state index in [1.807, 2.05) is 0 Å². The molecule has 0 saturated heterocycles. The fourth-order valence-corrected chi connectivity index (χ4v) is 5.46. The van der Waals surface area contributed by atoms with Gasteiger partial charge in [-0.15, -0.1) is 11.3 Å². The summed E-state index contributed by atoms with van der Waals surface area (Å²) >= 11 is 1.42. The molecule has 0 aromatic carbocycles. The van der Waals surface area contributed by atoms with Crippen molar-refractivity contribution >= 4 is 34.1 Å². The Morgan fingerprint density at radius 2 is 1.84 bits per heavy atom. The molecule has 1 aromatic heterocycles. The van der Waals surface area contributed by atoms with Crippen LogP contribution >= 0.6 is 11.3 Å². The first-order chi connectivity index (χ1) is 11.9. The van der Waals surface area contributed by atoms with Crippen LogP contribution in [0.25, 0.3) is 0 Å². The molecular weight excluding hydrogens is 340 g/mol. The van der Waals surface area contributed by atoms with Crippen molar-refractivity contribution < 1.29 is 19.5 Å². The Morgan fingerprint density at radius 3 is 2.48 bits per heavy atom. The monoisotopic (exact) mass is 364 g/mol. The third-order valence-corrected chi connectivity index (χ3v) is 6.58. The van der Waals surface area contributed by atoms with Crippen LogP contribution in [0.2, 0.25) is 0 Å². The molecule has 2 amide bonds. The van der Waals surface area contributed by atoms with Crippen LogP contribution < -0.4 is 11.1 Å². The number of carbonyl (C=O) groups excluding carboxylic acids is 2. The topological polar surface area (TPSA) is 109 Å². The standard InChI is InChI=1S/C18H24N2O4S/c1-9-6-7-12-13(8-9)25-17(14(12)15(19)21)20-16(22)10-4-2-3-5-11(10)18(23)24/h9-11H,2-8H2,1H3,(H2,19,21)(H,20,22)(H,23,24)/t9-,10-,11-/m0/s1. The van der Waals surface area contributed by atoms with E-state index in [1.165, 1.54) is 11.3 Å². The third kappa shape index (κ3) is 3.56. The van der Waals surface area contributed by atoms with Crippen molar-refractivity contribution in [1.29, 1.82) is 0 Å². The van der Waals surface area contributed by atoms with Gasteiger partial charge < -0.3 is 16.2 Å². The van der Waals surface area contributed by atoms with E-state index in [0.29, 0.717) is 29.3 Å². The maximum absolute atomic E-state index is 12.7. The van der Waals surface area contributed by atoms with Gasteiger partial charge in [0.1, 0.15) is 5.00 Å². The number of nitrogens with two attached hydrogens (primary N) is 1. The van der Waals surface area contributed by atoms with Crippen LogP contribution in [0.3, 0.4) is 0 Å². The maximum atomic E-state index is 12.7. The first-order valence-corrected chi connectivity index (χ1v) is 9.68. The first kappa shape index (κ1) is 17.9. The number of rotatable bonds is 4. The Labute approximate surface area is 150 Å². The van der Waals surface area contributed by atoms with Crippen molar-refractivity contribution in [2.75, 3.05) is 5.32 Å². The smallest absolute Gasteiger partial charge is 0.307 e. The number of hydrogen-bond donors (Lipinski definition) is 3. The predicted molar refractivity (Wildman–Crippen MR) is 95.7 cm³/mol. The largest absolute Gasteiger partial charge is 0.481 e. The Hall–Kier alpha value is -1.89. The van der Waals surface area contributed by atoms with E-state index in [4.69, 9.17) is 5.73 Å². The molecule has 0 radical (unpaired) electrons. The van der Waals surface area contributed by atoms with Gasteiger partial charge in [0, 0.05) is 4.88 Å². The van der Waals surface area contributed by atoms with Crippen molar-refractivity contribution in [2.45, 2.75) is 51.9 Å². The lowest BCUT2D eigenvalue weighted by Crippen LogP contribution is -2.36. The number of aliphatic carboxylic acids is 1. The quantitative estimate of drug-likeness (QED) is 0.763. The number of carboxylic acid groups (broad SMARTS) is 1. The number of nitrogens with one attached hydrogen (secondary N) is 1. The summed E-state index contributed by atoms with van der Waals surface area (Å²) in [6.07, 6.45) is 5.45. The number of primary amides is 1. The second kappa shape index (κ2) is 7.15. The second-order valence-corrected chi connectivity index (χ2v) is 8.35. The van der Waals surface area contributed by atoms with Crippen LogP contribution in [0.1, 0.15) is 59.8 Å². The summed E-state index contributed by atoms with van der Waals surface area (Å²) in [5, 5.41) is 12.7. The summed E-state index contributed by atoms with van der Waals surface area (Å²) in [5.74, 6) is -2.41. The average Bonchev–Trinajstić information content (AvgIpc) is 2.91. The molecule has 0 bridgehead atoms. The number of anilines is 1. The summed E-state index contributed by atoms with van der Waals surface area (Å²) in [5.41, 5.74) is 6.95. The number of carboxylic acids is 1. The normalized spacial score (nSPS) is 25.9. The molecule has 2 aliphatic rings. The molecule has 3 rings (SSSR count). The van der Waals surface area contributed by atoms with E-state index in [2.05, 4.69) is 12.2 Å². The summed E-state index contributed by atoms with van der Waals surface area (Å²) in [4.78, 5) is 37.2. The zero-order valence-electron chi connectivity index (χ0n) is 14.3. The summed E-state index contributed by atoms with van der Waals surface area (Å²) < 4.78 is 0. The molecule has 1 saturated carbocycles. The molecule has 6 nitrogen and oxygen atoms in total. The van der Waals surface area contributed by atoms with Crippen LogP contribution in [-0.2, 0) is 22.4 Å². The minimum absolute atomic E-state index is 0.304. The Bertz CT molecular complexity index is 712. The van der Waals surface area contributed by atoms with Crippen molar-refractivity contribution in [1.82, 2.24) is 0 Å². The van der Waals surface area contributed by atoms with E-state index in [1.54, 1.807) is 0 Å². The highest BCUT2D eigenvalue weighted by molar-refractivity contribution is 7.17. The number of fused-ring (bicyclic) bond motifs is 1. The highest BCUT2D eigenvalue weighted by Crippen LogP contribution is 2.40. The van der Waals surface area contributed by atoms with Gasteiger partial charge >= 0.3 is 5.97 Å². The van der Waals surface area contributed by atoms with Gasteiger partial charge in [-0.05, 0) is 43.6 Å². The molecule has 0 aliphatic heterocycles. The summed E-state index contributed by atoms with van der Waals surface area (Å²) in [6, 6.07) is 0. The fraction of sp³-hybridized carbons (Fsp3) is 0.611. The van der Waals surface area contributed by atoms with Gasteiger partial charge in [0.15, 0.2) is 0 Å². The molecule has 1 aromatic rings. The summed E-state index contributed by atoms with van der Waals surface area (Å²) in [7, 11) is 0. The van der Waals surface area contributed by atoms with Gasteiger partial charge in [-0.2, -0.15) is 0 Å². The minimum Gasteiger partial charge on any atom is -0.481 e. The Morgan fingerprint density at radius 1 is 1.16 bits per heavy atom. The minimum atomic E-state index is -0.922. The van der Waals surface area contributed by atoms with E-state index in [-0.39, 0.29) is 5.91 Å². The highest BCUT2D eigenvalue weighted by Gasteiger charge is 2.37. The van der Waals surface area contributed by atoms with Gasteiger partial charge in [-0.1, -0.05) is 19.8 Å². The van der Waals surface area contributed by atoms with Gasteiger partial charge in [0.25, 0.3) is 5.91 Å². The van der Waals surface area contributed by atoms with Crippen LogP contribution in [0.5, 0.6) is 0 Å². The fourth-order valence-electron chi connectivity index (χ4n) is 4.04. The van der Waals surface area contributed by atoms with Crippen LogP contribution in [0, 0.1) is 17.8 Å². The zero-order valence-corrected chi connectivity index (χ0v) is 15.2. The maximum Gasteiger partial charge on any atom is 0.307 e. The molecule has 1 heterocycles. The predicted octanol–water partition coefficient (Wildman–Crippen LogP) is 2.80. The molecule has 136 valence electrons. The molecule has 1 fully saturated rings. The molecule has 2 aliphatic carbocycles. The van der Waals surface area contributed by atoms with Gasteiger partial charge in [-0.3, -0.25) is 14.4 Å². The Balaban J connectivity index is 1.86. The van der Waals surface area contributed by atoms with Crippen molar-refractivity contribution in [3.63, 3.8) is 0 Å². The lowest BCUT2D eigenvalue weighted by atomic mass is 9.78. The zero-order chi connectivity index (χ0) is 18.1. The Kier molecular flexibility index (Phi) is 5.13. The van der Waals surface area contributed by atoms with Crippen LogP contribution in [0.15, 0.2) is 0 Å². The molecule has 25 heavy (non-hydrogen) atoms. The lowest BCUT2D eigenvalue weighted by Gasteiger charge is -2.27. The number of carbonyl (C=O) groups is 3. The van der Waals surface area contributed by atoms with Gasteiger partial charge in [0.2, 0.25) is 5.91 Å². The third-order valence-electron chi connectivity index (χ3n) is 5.41. The van der Waals surface area contributed by atoms with E-state index in [9.17, 15) is 19.5 Å². The summed E-state index contributed by atoms with van der Waals surface area (Å²) in [6.45, 7) is 2.17.